The SMILES string of the molecule is Nc1ccc2nc(C3Cc4ccccc4O3)oc2c1. The number of para-hydroxylation sites is 1. The number of benzene rings is 2. The Bertz CT molecular complexity index is 739. The fourth-order valence-electron chi connectivity index (χ4n) is 2.42. The fourth-order valence-corrected chi connectivity index (χ4v) is 2.42. The molecule has 94 valence electrons. The fraction of sp³-hybridized carbons (Fsp3) is 0.133. The predicted molar refractivity (Wildman–Crippen MR) is 71.9 cm³/mol. The van der Waals surface area contributed by atoms with E-state index in [1.54, 1.807) is 6.07 Å². The van der Waals surface area contributed by atoms with Gasteiger partial charge in [0.25, 0.3) is 0 Å². The number of hydrogen-bond donors (Lipinski definition) is 1. The second kappa shape index (κ2) is 3.75. The first-order chi connectivity index (χ1) is 9.29. The van der Waals surface area contributed by atoms with Gasteiger partial charge in [-0.2, -0.15) is 0 Å². The molecule has 0 bridgehead atoms. The summed E-state index contributed by atoms with van der Waals surface area (Å²) in [6, 6.07) is 13.5. The van der Waals surface area contributed by atoms with Crippen LogP contribution in [0.15, 0.2) is 46.9 Å². The highest BCUT2D eigenvalue weighted by Gasteiger charge is 2.28. The van der Waals surface area contributed by atoms with Gasteiger partial charge in [-0.1, -0.05) is 18.2 Å². The highest BCUT2D eigenvalue weighted by Crippen LogP contribution is 2.36. The number of rotatable bonds is 1. The molecular formula is C15H12N2O2. The number of fused-ring (bicyclic) bond motifs is 2. The largest absolute Gasteiger partial charge is 0.480 e. The van der Waals surface area contributed by atoms with E-state index in [0.717, 1.165) is 17.7 Å². The molecule has 0 aliphatic carbocycles. The van der Waals surface area contributed by atoms with Crippen molar-refractivity contribution in [2.45, 2.75) is 12.5 Å². The van der Waals surface area contributed by atoms with Crippen LogP contribution >= 0.6 is 0 Å². The van der Waals surface area contributed by atoms with Crippen LogP contribution in [-0.4, -0.2) is 4.98 Å². The highest BCUT2D eigenvalue weighted by molar-refractivity contribution is 5.76. The number of aromatic nitrogens is 1. The molecule has 0 amide bonds. The second-order valence-electron chi connectivity index (χ2n) is 4.70. The van der Waals surface area contributed by atoms with Crippen LogP contribution < -0.4 is 10.5 Å². The summed E-state index contributed by atoms with van der Waals surface area (Å²) in [6.07, 6.45) is 0.643. The van der Waals surface area contributed by atoms with Gasteiger partial charge in [0, 0.05) is 18.2 Å². The third kappa shape index (κ3) is 1.64. The first-order valence-corrected chi connectivity index (χ1v) is 6.20. The van der Waals surface area contributed by atoms with E-state index in [2.05, 4.69) is 11.1 Å². The van der Waals surface area contributed by atoms with E-state index in [9.17, 15) is 0 Å². The van der Waals surface area contributed by atoms with Crippen molar-refractivity contribution in [1.29, 1.82) is 0 Å². The van der Waals surface area contributed by atoms with E-state index in [1.807, 2.05) is 30.3 Å². The average Bonchev–Trinajstić information content (AvgIpc) is 3.00. The monoisotopic (exact) mass is 252 g/mol. The number of hydrogen-bond acceptors (Lipinski definition) is 4. The lowest BCUT2D eigenvalue weighted by Gasteiger charge is -2.04. The number of nitrogens with zero attached hydrogens (tertiary/aromatic N) is 1. The molecular weight excluding hydrogens is 240 g/mol. The first kappa shape index (κ1) is 10.4. The van der Waals surface area contributed by atoms with Gasteiger partial charge in [0.05, 0.1) is 0 Å². The zero-order valence-corrected chi connectivity index (χ0v) is 10.2. The van der Waals surface area contributed by atoms with E-state index in [4.69, 9.17) is 14.9 Å². The number of nitrogen functional groups attached to an aromatic ring is 1. The van der Waals surface area contributed by atoms with Crippen LogP contribution in [0, 0.1) is 0 Å². The van der Waals surface area contributed by atoms with Gasteiger partial charge in [-0.25, -0.2) is 4.98 Å². The zero-order valence-electron chi connectivity index (χ0n) is 10.2. The normalized spacial score (nSPS) is 17.4. The van der Waals surface area contributed by atoms with Crippen molar-refractivity contribution in [1.82, 2.24) is 4.98 Å². The Morgan fingerprint density at radius 3 is 2.95 bits per heavy atom. The summed E-state index contributed by atoms with van der Waals surface area (Å²) in [5.74, 6) is 1.52. The van der Waals surface area contributed by atoms with Crippen LogP contribution in [0.5, 0.6) is 5.75 Å². The van der Waals surface area contributed by atoms with E-state index < -0.39 is 0 Å². The number of nitrogens with two attached hydrogens (primary N) is 1. The molecule has 4 rings (SSSR count). The molecule has 0 spiro atoms. The summed E-state index contributed by atoms with van der Waals surface area (Å²) in [5.41, 5.74) is 9.11. The molecule has 1 aliphatic rings. The van der Waals surface area contributed by atoms with Gasteiger partial charge in [-0.15, -0.1) is 0 Å². The summed E-state index contributed by atoms with van der Waals surface area (Å²) in [5, 5.41) is 0. The minimum atomic E-state index is -0.147. The quantitative estimate of drug-likeness (QED) is 0.676. The molecule has 3 aromatic rings. The molecule has 2 N–H and O–H groups in total. The third-order valence-electron chi connectivity index (χ3n) is 3.35. The lowest BCUT2D eigenvalue weighted by molar-refractivity contribution is 0.201. The van der Waals surface area contributed by atoms with E-state index in [-0.39, 0.29) is 6.10 Å². The second-order valence-corrected chi connectivity index (χ2v) is 4.70. The van der Waals surface area contributed by atoms with Crippen molar-refractivity contribution in [2.24, 2.45) is 0 Å². The smallest absolute Gasteiger partial charge is 0.237 e. The number of oxazole rings is 1. The maximum Gasteiger partial charge on any atom is 0.237 e. The summed E-state index contributed by atoms with van der Waals surface area (Å²) in [6.45, 7) is 0. The van der Waals surface area contributed by atoms with Gasteiger partial charge in [-0.3, -0.25) is 0 Å². The predicted octanol–water partition coefficient (Wildman–Crippen LogP) is 3.09. The molecule has 2 aromatic carbocycles. The maximum atomic E-state index is 5.87. The summed E-state index contributed by atoms with van der Waals surface area (Å²) < 4.78 is 11.6. The molecule has 1 aromatic heterocycles. The Morgan fingerprint density at radius 1 is 1.16 bits per heavy atom. The molecule has 0 saturated carbocycles. The van der Waals surface area contributed by atoms with E-state index in [0.29, 0.717) is 17.2 Å². The van der Waals surface area contributed by atoms with Crippen molar-refractivity contribution in [3.05, 3.63) is 53.9 Å². The van der Waals surface area contributed by atoms with Gasteiger partial charge in [0.1, 0.15) is 11.3 Å². The number of anilines is 1. The molecule has 0 fully saturated rings. The summed E-state index contributed by atoms with van der Waals surface area (Å²) in [4.78, 5) is 4.47. The molecule has 4 heteroatoms. The van der Waals surface area contributed by atoms with Gasteiger partial charge in [0.15, 0.2) is 11.7 Å². The maximum absolute atomic E-state index is 5.87. The highest BCUT2D eigenvalue weighted by atomic mass is 16.5. The van der Waals surface area contributed by atoms with E-state index >= 15 is 0 Å². The minimum absolute atomic E-state index is 0.147. The molecule has 19 heavy (non-hydrogen) atoms. The third-order valence-corrected chi connectivity index (χ3v) is 3.35. The van der Waals surface area contributed by atoms with E-state index in [1.165, 1.54) is 5.56 Å². The van der Waals surface area contributed by atoms with Gasteiger partial charge in [0.2, 0.25) is 5.89 Å². The lowest BCUT2D eigenvalue weighted by atomic mass is 10.1. The Hall–Kier alpha value is -2.49. The Balaban J connectivity index is 1.73. The molecule has 2 heterocycles. The summed E-state index contributed by atoms with van der Waals surface area (Å²) in [7, 11) is 0. The van der Waals surface area contributed by atoms with Crippen molar-refractivity contribution in [2.75, 3.05) is 5.73 Å². The lowest BCUT2D eigenvalue weighted by Crippen LogP contribution is -2.03. The van der Waals surface area contributed by atoms with Crippen LogP contribution in [-0.2, 0) is 6.42 Å². The molecule has 0 saturated heterocycles. The van der Waals surface area contributed by atoms with Crippen LogP contribution in [0.1, 0.15) is 17.6 Å². The number of ether oxygens (including phenoxy) is 1. The zero-order chi connectivity index (χ0) is 12.8. The first-order valence-electron chi connectivity index (χ1n) is 6.20. The van der Waals surface area contributed by atoms with Gasteiger partial charge >= 0.3 is 0 Å². The van der Waals surface area contributed by atoms with Crippen molar-refractivity contribution in [3.63, 3.8) is 0 Å². The standard InChI is InChI=1S/C15H12N2O2/c16-10-5-6-11-13(8-10)19-15(17-11)14-7-9-3-1-2-4-12(9)18-14/h1-6,8,14H,7,16H2. The Kier molecular flexibility index (Phi) is 2.06. The molecule has 4 nitrogen and oxygen atoms in total. The summed E-state index contributed by atoms with van der Waals surface area (Å²) >= 11 is 0. The van der Waals surface area contributed by atoms with Crippen molar-refractivity contribution < 1.29 is 9.15 Å². The molecule has 1 atom stereocenters. The van der Waals surface area contributed by atoms with Crippen LogP contribution in [0.25, 0.3) is 11.1 Å². The van der Waals surface area contributed by atoms with Crippen LogP contribution in [0.3, 0.4) is 0 Å². The minimum Gasteiger partial charge on any atom is -0.480 e. The van der Waals surface area contributed by atoms with Crippen molar-refractivity contribution >= 4 is 16.8 Å². The van der Waals surface area contributed by atoms with Crippen LogP contribution in [0.4, 0.5) is 5.69 Å². The van der Waals surface area contributed by atoms with Gasteiger partial charge < -0.3 is 14.9 Å². The molecule has 1 unspecified atom stereocenters. The Labute approximate surface area is 109 Å². The van der Waals surface area contributed by atoms with Gasteiger partial charge in [-0.05, 0) is 23.8 Å². The molecule has 1 aliphatic heterocycles. The van der Waals surface area contributed by atoms with Crippen molar-refractivity contribution in [3.8, 4) is 5.75 Å². The Morgan fingerprint density at radius 2 is 2.05 bits per heavy atom. The molecule has 0 radical (unpaired) electrons. The van der Waals surface area contributed by atoms with Crippen LogP contribution in [0.2, 0.25) is 0 Å². The average molecular weight is 252 g/mol. The topological polar surface area (TPSA) is 61.3 Å².